The first-order valence-corrected chi connectivity index (χ1v) is 9.94. The molecule has 0 aromatic rings. The van der Waals surface area contributed by atoms with Gasteiger partial charge in [-0.15, -0.1) is 0 Å². The third-order valence-electron chi connectivity index (χ3n) is 9.13. The van der Waals surface area contributed by atoms with E-state index in [-0.39, 0.29) is 22.9 Å². The molecular weight excluding hydrogens is 300 g/mol. The molecule has 4 heteroatoms. The Bertz CT molecular complexity index is 564. The minimum atomic E-state index is -0.705. The summed E-state index contributed by atoms with van der Waals surface area (Å²) in [6.07, 6.45) is 7.68. The molecule has 4 saturated carbocycles. The second-order valence-corrected chi connectivity index (χ2v) is 9.82. The second kappa shape index (κ2) is 5.20. The van der Waals surface area contributed by atoms with E-state index in [4.69, 9.17) is 5.84 Å². The maximum Gasteiger partial charge on any atom is 0.0753 e. The highest BCUT2D eigenvalue weighted by Crippen LogP contribution is 2.67. The van der Waals surface area contributed by atoms with Crippen LogP contribution in [0.1, 0.15) is 72.1 Å². The zero-order valence-corrected chi connectivity index (χ0v) is 15.5. The summed E-state index contributed by atoms with van der Waals surface area (Å²) in [5, 5.41) is 26.0. The summed E-state index contributed by atoms with van der Waals surface area (Å²) >= 11 is 0. The third kappa shape index (κ3) is 1.90. The fraction of sp³-hybridized carbons (Fsp3) is 0.950. The van der Waals surface area contributed by atoms with Crippen LogP contribution in [0.2, 0.25) is 0 Å². The molecule has 4 aliphatic rings. The number of rotatable bonds is 0. The van der Waals surface area contributed by atoms with Gasteiger partial charge in [0.1, 0.15) is 0 Å². The molecule has 4 nitrogen and oxygen atoms in total. The van der Waals surface area contributed by atoms with Gasteiger partial charge < -0.3 is 16.1 Å². The Labute approximate surface area is 145 Å². The largest absolute Gasteiger partial charge is 0.393 e. The first-order valence-electron chi connectivity index (χ1n) is 9.94. The molecule has 0 radical (unpaired) electrons. The normalized spacial score (nSPS) is 58.9. The minimum Gasteiger partial charge on any atom is -0.393 e. The molecular formula is C20H34N2O2. The molecule has 8 atom stereocenters. The number of hydrogen-bond acceptors (Lipinski definition) is 4. The molecule has 0 bridgehead atoms. The van der Waals surface area contributed by atoms with Crippen LogP contribution in [0.5, 0.6) is 0 Å². The van der Waals surface area contributed by atoms with E-state index in [2.05, 4.69) is 25.9 Å². The van der Waals surface area contributed by atoms with Crippen molar-refractivity contribution in [3.05, 3.63) is 0 Å². The van der Waals surface area contributed by atoms with Gasteiger partial charge in [-0.05, 0) is 74.0 Å². The van der Waals surface area contributed by atoms with E-state index in [1.54, 1.807) is 0 Å². The Kier molecular flexibility index (Phi) is 3.65. The molecule has 4 N–H and O–H groups in total. The monoisotopic (exact) mass is 334 g/mol. The lowest BCUT2D eigenvalue weighted by Crippen LogP contribution is -2.66. The number of nitrogens with two attached hydrogens (primary N) is 1. The van der Waals surface area contributed by atoms with E-state index in [0.717, 1.165) is 38.5 Å². The SMILES string of the molecule is CC1CC2C3CCC(=NN)C3(C)CCC2C2(C)CCC(O)CC12O. The fourth-order valence-electron chi connectivity index (χ4n) is 7.66. The molecule has 136 valence electrons. The van der Waals surface area contributed by atoms with E-state index in [9.17, 15) is 10.2 Å². The maximum atomic E-state index is 11.6. The standard InChI is InChI=1S/C20H34N2O2/c1-12-10-14-15-4-5-17(22-21)18(15,2)8-7-16(14)19(3)9-6-13(23)11-20(12,19)24/h12-16,23-24H,4-11,21H2,1-3H3. The maximum absolute atomic E-state index is 11.6. The lowest BCUT2D eigenvalue weighted by Gasteiger charge is -2.65. The molecule has 8 unspecified atom stereocenters. The average Bonchev–Trinajstić information content (AvgIpc) is 2.87. The Morgan fingerprint density at radius 1 is 1.12 bits per heavy atom. The van der Waals surface area contributed by atoms with Gasteiger partial charge in [0.2, 0.25) is 0 Å². The van der Waals surface area contributed by atoms with Crippen molar-refractivity contribution < 1.29 is 10.2 Å². The average molecular weight is 335 g/mol. The van der Waals surface area contributed by atoms with Crippen molar-refractivity contribution in [2.24, 2.45) is 45.4 Å². The van der Waals surface area contributed by atoms with Crippen LogP contribution >= 0.6 is 0 Å². The molecule has 0 aromatic carbocycles. The predicted octanol–water partition coefficient (Wildman–Crippen LogP) is 3.07. The summed E-state index contributed by atoms with van der Waals surface area (Å²) in [5.41, 5.74) is 0.639. The molecule has 4 fully saturated rings. The van der Waals surface area contributed by atoms with Gasteiger partial charge in [0.25, 0.3) is 0 Å². The van der Waals surface area contributed by atoms with Crippen molar-refractivity contribution in [3.8, 4) is 0 Å². The minimum absolute atomic E-state index is 0.0570. The predicted molar refractivity (Wildman–Crippen MR) is 95.4 cm³/mol. The summed E-state index contributed by atoms with van der Waals surface area (Å²) in [5.74, 6) is 7.86. The Balaban J connectivity index is 1.72. The van der Waals surface area contributed by atoms with Crippen LogP contribution in [-0.2, 0) is 0 Å². The summed E-state index contributed by atoms with van der Waals surface area (Å²) in [6.45, 7) is 6.91. The number of aliphatic hydroxyl groups excluding tert-OH is 1. The van der Waals surface area contributed by atoms with Gasteiger partial charge in [-0.3, -0.25) is 0 Å². The van der Waals surface area contributed by atoms with Crippen LogP contribution in [0.3, 0.4) is 0 Å². The second-order valence-electron chi connectivity index (χ2n) is 9.82. The van der Waals surface area contributed by atoms with Crippen LogP contribution < -0.4 is 5.84 Å². The van der Waals surface area contributed by atoms with E-state index < -0.39 is 5.60 Å². The van der Waals surface area contributed by atoms with Gasteiger partial charge in [0.15, 0.2) is 0 Å². The quantitative estimate of drug-likeness (QED) is 0.470. The summed E-state index contributed by atoms with van der Waals surface area (Å²) in [7, 11) is 0. The fourth-order valence-corrected chi connectivity index (χ4v) is 7.66. The number of hydrogen-bond donors (Lipinski definition) is 3. The number of aliphatic hydroxyl groups is 2. The van der Waals surface area contributed by atoms with E-state index in [0.29, 0.717) is 24.2 Å². The molecule has 4 aliphatic carbocycles. The Hall–Kier alpha value is -0.610. The van der Waals surface area contributed by atoms with Crippen molar-refractivity contribution in [1.82, 2.24) is 0 Å². The van der Waals surface area contributed by atoms with E-state index in [1.165, 1.54) is 12.1 Å². The van der Waals surface area contributed by atoms with Crippen LogP contribution in [0, 0.1) is 34.5 Å². The zero-order chi connectivity index (χ0) is 17.3. The van der Waals surface area contributed by atoms with Gasteiger partial charge in [-0.1, -0.05) is 20.8 Å². The molecule has 0 aliphatic heterocycles. The third-order valence-corrected chi connectivity index (χ3v) is 9.13. The molecule has 0 aromatic heterocycles. The van der Waals surface area contributed by atoms with E-state index in [1.807, 2.05) is 0 Å². The number of fused-ring (bicyclic) bond motifs is 5. The molecule has 24 heavy (non-hydrogen) atoms. The molecule has 4 rings (SSSR count). The smallest absolute Gasteiger partial charge is 0.0753 e. The van der Waals surface area contributed by atoms with E-state index >= 15 is 0 Å². The number of hydrazone groups is 1. The van der Waals surface area contributed by atoms with Gasteiger partial charge in [-0.25, -0.2) is 0 Å². The lowest BCUT2D eigenvalue weighted by molar-refractivity contribution is -0.240. The van der Waals surface area contributed by atoms with Crippen LogP contribution in [0.25, 0.3) is 0 Å². The van der Waals surface area contributed by atoms with Gasteiger partial charge in [0, 0.05) is 17.5 Å². The van der Waals surface area contributed by atoms with Crippen molar-refractivity contribution in [1.29, 1.82) is 0 Å². The van der Waals surface area contributed by atoms with Crippen molar-refractivity contribution in [2.75, 3.05) is 0 Å². The Morgan fingerprint density at radius 2 is 1.88 bits per heavy atom. The highest BCUT2D eigenvalue weighted by atomic mass is 16.3. The van der Waals surface area contributed by atoms with Crippen molar-refractivity contribution in [3.63, 3.8) is 0 Å². The van der Waals surface area contributed by atoms with Crippen LogP contribution in [0.15, 0.2) is 5.10 Å². The van der Waals surface area contributed by atoms with Gasteiger partial charge in [-0.2, -0.15) is 5.10 Å². The summed E-state index contributed by atoms with van der Waals surface area (Å²) in [6, 6.07) is 0. The first-order chi connectivity index (χ1) is 11.3. The number of nitrogens with zero attached hydrogens (tertiary/aromatic N) is 1. The molecule has 0 saturated heterocycles. The highest BCUT2D eigenvalue weighted by molar-refractivity contribution is 5.92. The summed E-state index contributed by atoms with van der Waals surface area (Å²) in [4.78, 5) is 0. The highest BCUT2D eigenvalue weighted by Gasteiger charge is 2.66. The van der Waals surface area contributed by atoms with Crippen LogP contribution in [0.4, 0.5) is 0 Å². The van der Waals surface area contributed by atoms with Gasteiger partial charge in [0.05, 0.1) is 11.7 Å². The van der Waals surface area contributed by atoms with Crippen molar-refractivity contribution in [2.45, 2.75) is 83.8 Å². The summed E-state index contributed by atoms with van der Waals surface area (Å²) < 4.78 is 0. The molecule has 0 amide bonds. The first kappa shape index (κ1) is 16.8. The van der Waals surface area contributed by atoms with Crippen LogP contribution in [-0.4, -0.2) is 27.6 Å². The Morgan fingerprint density at radius 3 is 2.58 bits per heavy atom. The zero-order valence-electron chi connectivity index (χ0n) is 15.5. The molecule has 0 heterocycles. The van der Waals surface area contributed by atoms with Crippen molar-refractivity contribution >= 4 is 5.71 Å². The molecule has 0 spiro atoms. The van der Waals surface area contributed by atoms with Gasteiger partial charge >= 0.3 is 0 Å². The lowest BCUT2D eigenvalue weighted by atomic mass is 9.41. The topological polar surface area (TPSA) is 78.8 Å².